The summed E-state index contributed by atoms with van der Waals surface area (Å²) < 4.78 is 0. The highest BCUT2D eigenvalue weighted by molar-refractivity contribution is 6.30. The smallest absolute Gasteiger partial charge is 0.223 e. The fraction of sp³-hybridized carbons (Fsp3) is 0.381. The van der Waals surface area contributed by atoms with Crippen LogP contribution in [0.1, 0.15) is 36.8 Å². The Kier molecular flexibility index (Phi) is 6.82. The van der Waals surface area contributed by atoms with Crippen LogP contribution < -0.4 is 10.6 Å². The Morgan fingerprint density at radius 2 is 1.44 bits per heavy atom. The number of benzene rings is 1. The van der Waals surface area contributed by atoms with Crippen LogP contribution in [0.25, 0.3) is 0 Å². The van der Waals surface area contributed by atoms with Crippen LogP contribution in [-0.4, -0.2) is 16.8 Å². The molecule has 1 saturated carbocycles. The largest absolute Gasteiger partial charge is 0.352 e. The average molecular weight is 386 g/mol. The molecule has 6 heteroatoms. The zero-order valence-corrected chi connectivity index (χ0v) is 15.9. The Balaban J connectivity index is 1.39. The van der Waals surface area contributed by atoms with Crippen LogP contribution in [-0.2, 0) is 22.7 Å². The van der Waals surface area contributed by atoms with Crippen molar-refractivity contribution >= 4 is 23.4 Å². The van der Waals surface area contributed by atoms with Gasteiger partial charge in [0.2, 0.25) is 11.8 Å². The summed E-state index contributed by atoms with van der Waals surface area (Å²) in [5.74, 6) is 0.111. The molecule has 2 N–H and O–H groups in total. The van der Waals surface area contributed by atoms with Gasteiger partial charge in [-0.2, -0.15) is 0 Å². The second kappa shape index (κ2) is 9.51. The van der Waals surface area contributed by atoms with Crippen molar-refractivity contribution in [1.29, 1.82) is 0 Å². The number of pyridine rings is 1. The Morgan fingerprint density at radius 3 is 1.96 bits per heavy atom. The maximum atomic E-state index is 12.4. The number of nitrogens with one attached hydrogen (secondary N) is 2. The van der Waals surface area contributed by atoms with Gasteiger partial charge >= 0.3 is 0 Å². The van der Waals surface area contributed by atoms with Crippen molar-refractivity contribution in [3.63, 3.8) is 0 Å². The highest BCUT2D eigenvalue weighted by atomic mass is 35.5. The first-order chi connectivity index (χ1) is 13.1. The molecule has 27 heavy (non-hydrogen) atoms. The van der Waals surface area contributed by atoms with Crippen molar-refractivity contribution in [1.82, 2.24) is 15.6 Å². The molecule has 142 valence electrons. The molecule has 1 aromatic carbocycles. The van der Waals surface area contributed by atoms with Crippen LogP contribution in [0, 0.1) is 11.8 Å². The van der Waals surface area contributed by atoms with Gasteiger partial charge in [0.05, 0.1) is 0 Å². The van der Waals surface area contributed by atoms with E-state index in [-0.39, 0.29) is 23.7 Å². The molecule has 0 aliphatic heterocycles. The first-order valence-corrected chi connectivity index (χ1v) is 9.68. The third-order valence-corrected chi connectivity index (χ3v) is 5.29. The van der Waals surface area contributed by atoms with Gasteiger partial charge < -0.3 is 10.6 Å². The van der Waals surface area contributed by atoms with Gasteiger partial charge in [0.15, 0.2) is 0 Å². The number of amides is 2. The van der Waals surface area contributed by atoms with Crippen molar-refractivity contribution in [2.75, 3.05) is 0 Å². The van der Waals surface area contributed by atoms with Crippen LogP contribution in [0.3, 0.4) is 0 Å². The minimum Gasteiger partial charge on any atom is -0.352 e. The molecule has 1 aliphatic carbocycles. The molecule has 1 fully saturated rings. The van der Waals surface area contributed by atoms with Crippen molar-refractivity contribution < 1.29 is 9.59 Å². The van der Waals surface area contributed by atoms with Crippen molar-refractivity contribution in [2.45, 2.75) is 38.8 Å². The van der Waals surface area contributed by atoms with Crippen molar-refractivity contribution in [3.05, 3.63) is 64.9 Å². The molecule has 0 unspecified atom stereocenters. The third-order valence-electron chi connectivity index (χ3n) is 5.04. The first kappa shape index (κ1) is 19.4. The quantitative estimate of drug-likeness (QED) is 0.799. The summed E-state index contributed by atoms with van der Waals surface area (Å²) in [7, 11) is 0. The maximum Gasteiger partial charge on any atom is 0.223 e. The molecule has 1 aliphatic rings. The molecule has 2 amide bonds. The highest BCUT2D eigenvalue weighted by Gasteiger charge is 2.29. The number of nitrogens with zero attached hydrogens (tertiary/aromatic N) is 1. The molecule has 5 nitrogen and oxygen atoms in total. The fourth-order valence-corrected chi connectivity index (χ4v) is 3.52. The van der Waals surface area contributed by atoms with E-state index in [0.717, 1.165) is 36.8 Å². The van der Waals surface area contributed by atoms with Gasteiger partial charge in [-0.25, -0.2) is 0 Å². The predicted molar refractivity (Wildman–Crippen MR) is 105 cm³/mol. The normalized spacial score (nSPS) is 19.3. The fourth-order valence-electron chi connectivity index (χ4n) is 3.39. The SMILES string of the molecule is O=C(NCc1ccc(Cl)cc1)C1CCC(C(=O)NCc2cccnc2)CC1. The molecule has 1 heterocycles. The van der Waals surface area contributed by atoms with Crippen LogP contribution in [0.15, 0.2) is 48.8 Å². The second-order valence-corrected chi connectivity index (χ2v) is 7.41. The summed E-state index contributed by atoms with van der Waals surface area (Å²) >= 11 is 5.87. The molecule has 3 rings (SSSR count). The zero-order valence-electron chi connectivity index (χ0n) is 15.2. The average Bonchev–Trinajstić information content (AvgIpc) is 2.72. The van der Waals surface area contributed by atoms with E-state index in [4.69, 9.17) is 11.6 Å². The maximum absolute atomic E-state index is 12.4. The van der Waals surface area contributed by atoms with Gasteiger partial charge in [0.1, 0.15) is 0 Å². The van der Waals surface area contributed by atoms with Gasteiger partial charge in [-0.1, -0.05) is 29.8 Å². The first-order valence-electron chi connectivity index (χ1n) is 9.30. The van der Waals surface area contributed by atoms with Crippen LogP contribution in [0.2, 0.25) is 5.02 Å². The van der Waals surface area contributed by atoms with E-state index in [1.165, 1.54) is 0 Å². The lowest BCUT2D eigenvalue weighted by molar-refractivity contribution is -0.130. The van der Waals surface area contributed by atoms with E-state index in [1.807, 2.05) is 36.4 Å². The molecule has 0 radical (unpaired) electrons. The lowest BCUT2D eigenvalue weighted by Gasteiger charge is -2.27. The highest BCUT2D eigenvalue weighted by Crippen LogP contribution is 2.29. The topological polar surface area (TPSA) is 71.1 Å². The van der Waals surface area contributed by atoms with Crippen LogP contribution in [0.4, 0.5) is 0 Å². The van der Waals surface area contributed by atoms with Crippen molar-refractivity contribution in [3.8, 4) is 0 Å². The Hall–Kier alpha value is -2.40. The number of hydrogen-bond acceptors (Lipinski definition) is 3. The van der Waals surface area contributed by atoms with Gasteiger partial charge in [-0.15, -0.1) is 0 Å². The van der Waals surface area contributed by atoms with Gasteiger partial charge in [0, 0.05) is 42.3 Å². The van der Waals surface area contributed by atoms with Gasteiger partial charge in [-0.3, -0.25) is 14.6 Å². The molecule has 1 aromatic heterocycles. The number of halogens is 1. The summed E-state index contributed by atoms with van der Waals surface area (Å²) in [4.78, 5) is 28.8. The lowest BCUT2D eigenvalue weighted by atomic mass is 9.81. The minimum atomic E-state index is -0.0142. The molecule has 0 atom stereocenters. The monoisotopic (exact) mass is 385 g/mol. The molecule has 2 aromatic rings. The van der Waals surface area contributed by atoms with Crippen LogP contribution >= 0.6 is 11.6 Å². The predicted octanol–water partition coefficient (Wildman–Crippen LogP) is 3.47. The minimum absolute atomic E-state index is 0.0120. The number of aromatic nitrogens is 1. The van der Waals surface area contributed by atoms with E-state index >= 15 is 0 Å². The third kappa shape index (κ3) is 5.79. The van der Waals surface area contributed by atoms with Gasteiger partial charge in [-0.05, 0) is 55.0 Å². The molecule has 0 spiro atoms. The number of hydrogen-bond donors (Lipinski definition) is 2. The van der Waals surface area contributed by atoms with E-state index in [2.05, 4.69) is 15.6 Å². The summed E-state index contributed by atoms with van der Waals surface area (Å²) in [5, 5.41) is 6.65. The van der Waals surface area contributed by atoms with E-state index in [9.17, 15) is 9.59 Å². The Bertz CT molecular complexity index is 757. The second-order valence-electron chi connectivity index (χ2n) is 6.97. The summed E-state index contributed by atoms with van der Waals surface area (Å²) in [6.07, 6.45) is 6.46. The molecule has 0 saturated heterocycles. The van der Waals surface area contributed by atoms with Crippen LogP contribution in [0.5, 0.6) is 0 Å². The summed E-state index contributed by atoms with van der Waals surface area (Å²) in [5.41, 5.74) is 2.01. The lowest BCUT2D eigenvalue weighted by Crippen LogP contribution is -2.37. The Labute approximate surface area is 164 Å². The van der Waals surface area contributed by atoms with Crippen molar-refractivity contribution in [2.24, 2.45) is 11.8 Å². The standard InChI is InChI=1S/C21H24ClN3O2/c22-19-9-3-15(4-10-19)13-24-20(26)17-5-7-18(8-6-17)21(27)25-14-16-2-1-11-23-12-16/h1-4,9-12,17-18H,5-8,13-14H2,(H,24,26)(H,25,27). The van der Waals surface area contributed by atoms with Gasteiger partial charge in [0.25, 0.3) is 0 Å². The molecular formula is C21H24ClN3O2. The number of rotatable bonds is 6. The zero-order chi connectivity index (χ0) is 19.1. The summed E-state index contributed by atoms with van der Waals surface area (Å²) in [6, 6.07) is 11.2. The van der Waals surface area contributed by atoms with E-state index < -0.39 is 0 Å². The molecule has 0 bridgehead atoms. The van der Waals surface area contributed by atoms with E-state index in [0.29, 0.717) is 18.1 Å². The molecular weight excluding hydrogens is 362 g/mol. The van der Waals surface area contributed by atoms with E-state index in [1.54, 1.807) is 12.4 Å². The Morgan fingerprint density at radius 1 is 0.889 bits per heavy atom. The number of carbonyl (C=O) groups is 2. The number of carbonyl (C=O) groups excluding carboxylic acids is 2. The summed E-state index contributed by atoms with van der Waals surface area (Å²) in [6.45, 7) is 0.996.